The Labute approximate surface area is 153 Å². The van der Waals surface area contributed by atoms with Crippen LogP contribution in [0.3, 0.4) is 0 Å². The van der Waals surface area contributed by atoms with Gasteiger partial charge in [-0.25, -0.2) is 0 Å². The van der Waals surface area contributed by atoms with Crippen LogP contribution >= 0.6 is 0 Å². The molecule has 0 aromatic heterocycles. The van der Waals surface area contributed by atoms with E-state index in [0.717, 1.165) is 19.0 Å². The van der Waals surface area contributed by atoms with E-state index in [0.29, 0.717) is 31.5 Å². The maximum absolute atomic E-state index is 12.0. The molecule has 144 valence electrons. The minimum absolute atomic E-state index is 0.196. The highest BCUT2D eigenvalue weighted by Crippen LogP contribution is 2.25. The molecule has 1 aliphatic carbocycles. The summed E-state index contributed by atoms with van der Waals surface area (Å²) in [5.74, 6) is 1.62. The van der Waals surface area contributed by atoms with Crippen LogP contribution in [0, 0.1) is 5.92 Å². The lowest BCUT2D eigenvalue weighted by Gasteiger charge is -2.24. The highest BCUT2D eigenvalue weighted by molar-refractivity contribution is 5.80. The van der Waals surface area contributed by atoms with E-state index in [2.05, 4.69) is 32.8 Å². The summed E-state index contributed by atoms with van der Waals surface area (Å²) in [5.41, 5.74) is 0. The molecule has 0 spiro atoms. The molecule has 2 rings (SSSR count). The van der Waals surface area contributed by atoms with E-state index in [1.807, 2.05) is 0 Å². The molecule has 25 heavy (non-hydrogen) atoms. The Morgan fingerprint density at radius 1 is 1.04 bits per heavy atom. The van der Waals surface area contributed by atoms with Gasteiger partial charge in [-0.2, -0.15) is 0 Å². The van der Waals surface area contributed by atoms with E-state index >= 15 is 0 Å². The molecular formula is C19H37N5O. The molecular weight excluding hydrogens is 314 g/mol. The molecule has 6 nitrogen and oxygen atoms in total. The van der Waals surface area contributed by atoms with E-state index in [1.165, 1.54) is 51.5 Å². The Bertz CT molecular complexity index is 420. The molecule has 0 aromatic rings. The van der Waals surface area contributed by atoms with Gasteiger partial charge in [0, 0.05) is 39.1 Å². The number of likely N-dealkylation sites (N-methyl/N-ethyl adjacent to an activating group) is 1. The highest BCUT2D eigenvalue weighted by atomic mass is 16.1. The number of carbonyl (C=O) groups excluding carboxylic acids is 1. The lowest BCUT2D eigenvalue weighted by molar-refractivity contribution is -0.122. The first kappa shape index (κ1) is 20.0. The molecule has 0 aromatic carbocycles. The second kappa shape index (κ2) is 11.3. The van der Waals surface area contributed by atoms with Gasteiger partial charge in [-0.15, -0.1) is 0 Å². The first-order valence-electron chi connectivity index (χ1n) is 10.2. The van der Waals surface area contributed by atoms with Gasteiger partial charge in [0.15, 0.2) is 5.96 Å². The summed E-state index contributed by atoms with van der Waals surface area (Å²) in [6.45, 7) is 6.84. The van der Waals surface area contributed by atoms with Crippen molar-refractivity contribution in [2.75, 3.05) is 39.8 Å². The minimum Gasteiger partial charge on any atom is -0.355 e. The van der Waals surface area contributed by atoms with Crippen molar-refractivity contribution in [2.45, 2.75) is 64.3 Å². The van der Waals surface area contributed by atoms with Gasteiger partial charge >= 0.3 is 0 Å². The Morgan fingerprint density at radius 2 is 1.80 bits per heavy atom. The summed E-state index contributed by atoms with van der Waals surface area (Å²) in [5, 5.41) is 9.74. The van der Waals surface area contributed by atoms with Crippen LogP contribution in [0.15, 0.2) is 4.99 Å². The molecule has 1 saturated carbocycles. The summed E-state index contributed by atoms with van der Waals surface area (Å²) in [6.07, 6.45) is 9.60. The zero-order chi connectivity index (χ0) is 17.9. The average Bonchev–Trinajstić information content (AvgIpc) is 3.09. The smallest absolute Gasteiger partial charge is 0.220 e. The van der Waals surface area contributed by atoms with E-state index in [-0.39, 0.29) is 5.91 Å². The second-order valence-corrected chi connectivity index (χ2v) is 7.36. The predicted octanol–water partition coefficient (Wildman–Crippen LogP) is 1.72. The molecule has 1 saturated heterocycles. The van der Waals surface area contributed by atoms with Crippen molar-refractivity contribution in [3.05, 3.63) is 0 Å². The number of nitrogens with one attached hydrogen (secondary N) is 3. The quantitative estimate of drug-likeness (QED) is 0.354. The third-order valence-electron chi connectivity index (χ3n) is 5.57. The molecule has 1 atom stereocenters. The van der Waals surface area contributed by atoms with Crippen LogP contribution in [-0.4, -0.2) is 62.6 Å². The first-order chi connectivity index (χ1) is 12.2. The molecule has 6 heteroatoms. The van der Waals surface area contributed by atoms with Crippen LogP contribution in [0.4, 0.5) is 0 Å². The topological polar surface area (TPSA) is 68.8 Å². The van der Waals surface area contributed by atoms with E-state index in [9.17, 15) is 4.79 Å². The zero-order valence-electron chi connectivity index (χ0n) is 16.1. The van der Waals surface area contributed by atoms with Gasteiger partial charge in [0.25, 0.3) is 0 Å². The molecule has 2 fully saturated rings. The van der Waals surface area contributed by atoms with Gasteiger partial charge < -0.3 is 16.0 Å². The number of amides is 1. The number of hydrogen-bond donors (Lipinski definition) is 3. The maximum atomic E-state index is 12.0. The third kappa shape index (κ3) is 7.22. The van der Waals surface area contributed by atoms with Gasteiger partial charge in [0.2, 0.25) is 5.91 Å². The SMILES string of the molecule is CCN1CCCC1CNC(=NC)NCCNC(=O)CC1CCCCC1. The van der Waals surface area contributed by atoms with Crippen molar-refractivity contribution in [3.63, 3.8) is 0 Å². The molecule has 2 aliphatic rings. The van der Waals surface area contributed by atoms with E-state index in [4.69, 9.17) is 0 Å². The maximum Gasteiger partial charge on any atom is 0.220 e. The van der Waals surface area contributed by atoms with Gasteiger partial charge in [-0.3, -0.25) is 14.7 Å². The van der Waals surface area contributed by atoms with Gasteiger partial charge in [-0.1, -0.05) is 26.2 Å². The fourth-order valence-electron chi connectivity index (χ4n) is 4.09. The van der Waals surface area contributed by atoms with Crippen molar-refractivity contribution in [3.8, 4) is 0 Å². The van der Waals surface area contributed by atoms with Crippen LogP contribution in [0.2, 0.25) is 0 Å². The fourth-order valence-corrected chi connectivity index (χ4v) is 4.09. The lowest BCUT2D eigenvalue weighted by Crippen LogP contribution is -2.46. The standard InChI is InChI=1S/C19H37N5O/c1-3-24-13-7-10-17(24)15-23-19(20-2)22-12-11-21-18(25)14-16-8-5-4-6-9-16/h16-17H,3-15H2,1-2H3,(H,21,25)(H2,20,22,23). The zero-order valence-corrected chi connectivity index (χ0v) is 16.1. The number of carbonyl (C=O) groups is 1. The van der Waals surface area contributed by atoms with Crippen LogP contribution in [-0.2, 0) is 4.79 Å². The van der Waals surface area contributed by atoms with Crippen molar-refractivity contribution in [1.29, 1.82) is 0 Å². The molecule has 1 amide bonds. The second-order valence-electron chi connectivity index (χ2n) is 7.36. The van der Waals surface area contributed by atoms with Crippen LogP contribution in [0.25, 0.3) is 0 Å². The Kier molecular flexibility index (Phi) is 9.08. The van der Waals surface area contributed by atoms with Gasteiger partial charge in [0.1, 0.15) is 0 Å². The number of likely N-dealkylation sites (tertiary alicyclic amines) is 1. The lowest BCUT2D eigenvalue weighted by atomic mass is 9.87. The number of rotatable bonds is 8. The molecule has 1 aliphatic heterocycles. The van der Waals surface area contributed by atoms with Gasteiger partial charge in [0.05, 0.1) is 0 Å². The molecule has 3 N–H and O–H groups in total. The van der Waals surface area contributed by atoms with E-state index < -0.39 is 0 Å². The van der Waals surface area contributed by atoms with Crippen molar-refractivity contribution in [1.82, 2.24) is 20.9 Å². The normalized spacial score (nSPS) is 22.8. The highest BCUT2D eigenvalue weighted by Gasteiger charge is 2.22. The number of aliphatic imine (C=N–C) groups is 1. The molecule has 1 unspecified atom stereocenters. The van der Waals surface area contributed by atoms with Crippen LogP contribution in [0.5, 0.6) is 0 Å². The minimum atomic E-state index is 0.196. The van der Waals surface area contributed by atoms with Crippen molar-refractivity contribution >= 4 is 11.9 Å². The molecule has 0 bridgehead atoms. The third-order valence-corrected chi connectivity index (χ3v) is 5.57. The first-order valence-corrected chi connectivity index (χ1v) is 10.2. The number of guanidine groups is 1. The average molecular weight is 352 g/mol. The summed E-state index contributed by atoms with van der Waals surface area (Å²) in [7, 11) is 1.79. The predicted molar refractivity (Wildman–Crippen MR) is 104 cm³/mol. The molecule has 0 radical (unpaired) electrons. The molecule has 1 heterocycles. The van der Waals surface area contributed by atoms with Gasteiger partial charge in [-0.05, 0) is 44.7 Å². The number of nitrogens with zero attached hydrogens (tertiary/aromatic N) is 2. The largest absolute Gasteiger partial charge is 0.355 e. The Morgan fingerprint density at radius 3 is 2.52 bits per heavy atom. The Balaban J connectivity index is 1.55. The Hall–Kier alpha value is -1.30. The van der Waals surface area contributed by atoms with Crippen LogP contribution < -0.4 is 16.0 Å². The summed E-state index contributed by atoms with van der Waals surface area (Å²) < 4.78 is 0. The monoisotopic (exact) mass is 351 g/mol. The summed E-state index contributed by atoms with van der Waals surface area (Å²) in [4.78, 5) is 18.8. The summed E-state index contributed by atoms with van der Waals surface area (Å²) >= 11 is 0. The van der Waals surface area contributed by atoms with Crippen molar-refractivity contribution < 1.29 is 4.79 Å². The fraction of sp³-hybridized carbons (Fsp3) is 0.895. The summed E-state index contributed by atoms with van der Waals surface area (Å²) in [6, 6.07) is 0.610. The number of hydrogen-bond acceptors (Lipinski definition) is 3. The van der Waals surface area contributed by atoms with Crippen LogP contribution in [0.1, 0.15) is 58.3 Å². The van der Waals surface area contributed by atoms with Crippen molar-refractivity contribution in [2.24, 2.45) is 10.9 Å². The van der Waals surface area contributed by atoms with E-state index in [1.54, 1.807) is 7.05 Å².